The second kappa shape index (κ2) is 6.24. The summed E-state index contributed by atoms with van der Waals surface area (Å²) < 4.78 is 1.68. The maximum absolute atomic E-state index is 12.7. The number of likely N-dealkylation sites (tertiary alicyclic amines) is 1. The minimum absolute atomic E-state index is 0.0502. The minimum Gasteiger partial charge on any atom is -0.357 e. The Morgan fingerprint density at radius 2 is 2.00 bits per heavy atom. The number of hydrogen-bond acceptors (Lipinski definition) is 3. The number of benzene rings is 1. The van der Waals surface area contributed by atoms with Crippen LogP contribution in [0, 0.1) is 0 Å². The van der Waals surface area contributed by atoms with E-state index in [4.69, 9.17) is 0 Å². The van der Waals surface area contributed by atoms with Gasteiger partial charge in [-0.1, -0.05) is 18.2 Å². The summed E-state index contributed by atoms with van der Waals surface area (Å²) in [6.07, 6.45) is 4.85. The zero-order valence-corrected chi connectivity index (χ0v) is 13.1. The number of rotatable bonds is 3. The van der Waals surface area contributed by atoms with Gasteiger partial charge in [-0.2, -0.15) is 5.10 Å². The van der Waals surface area contributed by atoms with E-state index in [1.165, 1.54) is 0 Å². The molecule has 23 heavy (non-hydrogen) atoms. The number of piperidine rings is 1. The van der Waals surface area contributed by atoms with E-state index < -0.39 is 5.54 Å². The highest BCUT2D eigenvalue weighted by molar-refractivity contribution is 5.95. The van der Waals surface area contributed by atoms with Gasteiger partial charge in [0.2, 0.25) is 5.91 Å². The van der Waals surface area contributed by atoms with E-state index in [1.54, 1.807) is 47.2 Å². The van der Waals surface area contributed by atoms with Gasteiger partial charge < -0.3 is 10.2 Å². The van der Waals surface area contributed by atoms with Crippen molar-refractivity contribution in [2.75, 3.05) is 20.1 Å². The molecule has 1 aliphatic heterocycles. The predicted octanol–water partition coefficient (Wildman–Crippen LogP) is 1.26. The Kier molecular flexibility index (Phi) is 4.14. The van der Waals surface area contributed by atoms with E-state index in [2.05, 4.69) is 10.4 Å². The molecule has 0 aliphatic carbocycles. The van der Waals surface area contributed by atoms with E-state index >= 15 is 0 Å². The Morgan fingerprint density at radius 1 is 1.22 bits per heavy atom. The summed E-state index contributed by atoms with van der Waals surface area (Å²) in [5.41, 5.74) is -0.207. The molecule has 3 rings (SSSR count). The smallest absolute Gasteiger partial charge is 0.253 e. The monoisotopic (exact) mass is 312 g/mol. The van der Waals surface area contributed by atoms with Crippen molar-refractivity contribution in [3.63, 3.8) is 0 Å². The number of likely N-dealkylation sites (N-methyl/N-ethyl adjacent to an activating group) is 1. The zero-order chi connectivity index (χ0) is 16.3. The van der Waals surface area contributed by atoms with E-state index in [0.717, 1.165) is 6.42 Å². The molecule has 0 bridgehead atoms. The average molecular weight is 312 g/mol. The minimum atomic E-state index is -0.846. The molecule has 1 aromatic carbocycles. The quantitative estimate of drug-likeness (QED) is 0.928. The summed E-state index contributed by atoms with van der Waals surface area (Å²) >= 11 is 0. The maximum atomic E-state index is 12.7. The topological polar surface area (TPSA) is 67.2 Å². The molecule has 2 aromatic rings. The Hall–Kier alpha value is -2.63. The molecule has 1 N–H and O–H groups in total. The first-order valence-corrected chi connectivity index (χ1v) is 7.74. The summed E-state index contributed by atoms with van der Waals surface area (Å²) in [7, 11) is 1.62. The fourth-order valence-electron chi connectivity index (χ4n) is 3.20. The number of nitrogens with zero attached hydrogens (tertiary/aromatic N) is 3. The van der Waals surface area contributed by atoms with Crippen LogP contribution in [-0.2, 0) is 10.3 Å². The number of amides is 2. The van der Waals surface area contributed by atoms with Crippen LogP contribution in [0.1, 0.15) is 23.2 Å². The molecule has 120 valence electrons. The van der Waals surface area contributed by atoms with Crippen molar-refractivity contribution in [2.24, 2.45) is 0 Å². The van der Waals surface area contributed by atoms with Crippen LogP contribution in [-0.4, -0.2) is 46.6 Å². The normalized spacial score (nSPS) is 21.0. The summed E-state index contributed by atoms with van der Waals surface area (Å²) in [4.78, 5) is 27.1. The first-order chi connectivity index (χ1) is 11.2. The Morgan fingerprint density at radius 3 is 2.65 bits per heavy atom. The molecule has 1 unspecified atom stereocenters. The Balaban J connectivity index is 1.91. The summed E-state index contributed by atoms with van der Waals surface area (Å²) in [5.74, 6) is -0.169. The SMILES string of the molecule is CNC(=O)C1(n2cccn2)CCCN(C(=O)c2ccccc2)C1. The molecule has 0 saturated carbocycles. The van der Waals surface area contributed by atoms with Gasteiger partial charge in [0.05, 0.1) is 6.54 Å². The molecule has 1 aromatic heterocycles. The van der Waals surface area contributed by atoms with Gasteiger partial charge in [0.15, 0.2) is 5.54 Å². The summed E-state index contributed by atoms with van der Waals surface area (Å²) in [5, 5.41) is 6.99. The van der Waals surface area contributed by atoms with Gasteiger partial charge in [-0.25, -0.2) is 0 Å². The van der Waals surface area contributed by atoms with Gasteiger partial charge in [-0.15, -0.1) is 0 Å². The lowest BCUT2D eigenvalue weighted by Gasteiger charge is -2.41. The van der Waals surface area contributed by atoms with Crippen LogP contribution < -0.4 is 5.32 Å². The summed E-state index contributed by atoms with van der Waals surface area (Å²) in [6, 6.07) is 11.0. The molecule has 6 heteroatoms. The molecular weight excluding hydrogens is 292 g/mol. The first-order valence-electron chi connectivity index (χ1n) is 7.74. The largest absolute Gasteiger partial charge is 0.357 e. The van der Waals surface area contributed by atoms with Crippen LogP contribution in [0.25, 0.3) is 0 Å². The van der Waals surface area contributed by atoms with Gasteiger partial charge in [-0.3, -0.25) is 14.3 Å². The second-order valence-corrected chi connectivity index (χ2v) is 5.76. The van der Waals surface area contributed by atoms with Gasteiger partial charge in [0.25, 0.3) is 5.91 Å². The third-order valence-corrected chi connectivity index (χ3v) is 4.37. The van der Waals surface area contributed by atoms with E-state index in [1.807, 2.05) is 18.2 Å². The lowest BCUT2D eigenvalue weighted by Crippen LogP contribution is -2.59. The van der Waals surface area contributed by atoms with Crippen molar-refractivity contribution in [3.05, 3.63) is 54.4 Å². The molecule has 1 aliphatic rings. The Labute approximate surface area is 135 Å². The van der Waals surface area contributed by atoms with Crippen LogP contribution in [0.3, 0.4) is 0 Å². The number of nitrogens with one attached hydrogen (secondary N) is 1. The van der Waals surface area contributed by atoms with E-state index in [9.17, 15) is 9.59 Å². The first kappa shape index (κ1) is 15.3. The van der Waals surface area contributed by atoms with Gasteiger partial charge >= 0.3 is 0 Å². The number of carbonyl (C=O) groups is 2. The molecular formula is C17H20N4O2. The fraction of sp³-hybridized carbons (Fsp3) is 0.353. The van der Waals surface area contributed by atoms with Crippen LogP contribution in [0.5, 0.6) is 0 Å². The summed E-state index contributed by atoms with van der Waals surface area (Å²) in [6.45, 7) is 0.968. The highest BCUT2D eigenvalue weighted by Crippen LogP contribution is 2.29. The molecule has 1 saturated heterocycles. The van der Waals surface area contributed by atoms with Gasteiger partial charge in [0, 0.05) is 31.5 Å². The van der Waals surface area contributed by atoms with Crippen molar-refractivity contribution in [2.45, 2.75) is 18.4 Å². The average Bonchev–Trinajstić information content (AvgIpc) is 3.16. The molecule has 6 nitrogen and oxygen atoms in total. The fourth-order valence-corrected chi connectivity index (χ4v) is 3.20. The van der Waals surface area contributed by atoms with E-state index in [0.29, 0.717) is 25.1 Å². The molecule has 2 amide bonds. The van der Waals surface area contributed by atoms with Crippen molar-refractivity contribution in [3.8, 4) is 0 Å². The molecule has 0 radical (unpaired) electrons. The second-order valence-electron chi connectivity index (χ2n) is 5.76. The number of aromatic nitrogens is 2. The lowest BCUT2D eigenvalue weighted by molar-refractivity contribution is -0.132. The van der Waals surface area contributed by atoms with Gasteiger partial charge in [-0.05, 0) is 31.0 Å². The van der Waals surface area contributed by atoms with Gasteiger partial charge in [0.1, 0.15) is 0 Å². The molecule has 2 heterocycles. The number of carbonyl (C=O) groups excluding carboxylic acids is 2. The van der Waals surface area contributed by atoms with E-state index in [-0.39, 0.29) is 11.8 Å². The maximum Gasteiger partial charge on any atom is 0.253 e. The van der Waals surface area contributed by atoms with Crippen LogP contribution in [0.15, 0.2) is 48.8 Å². The third kappa shape index (κ3) is 2.72. The standard InChI is InChI=1S/C17H20N4O2/c1-18-16(23)17(21-12-6-10-19-21)9-5-11-20(13-17)15(22)14-7-3-2-4-8-14/h2-4,6-8,10,12H,5,9,11,13H2,1H3,(H,18,23). The Bertz CT molecular complexity index is 684. The van der Waals surface area contributed by atoms with Crippen molar-refractivity contribution >= 4 is 11.8 Å². The van der Waals surface area contributed by atoms with Crippen molar-refractivity contribution in [1.29, 1.82) is 0 Å². The highest BCUT2D eigenvalue weighted by Gasteiger charge is 2.45. The van der Waals surface area contributed by atoms with Crippen LogP contribution in [0.4, 0.5) is 0 Å². The molecule has 1 fully saturated rings. The molecule has 0 spiro atoms. The van der Waals surface area contributed by atoms with Crippen LogP contribution in [0.2, 0.25) is 0 Å². The van der Waals surface area contributed by atoms with Crippen LogP contribution >= 0.6 is 0 Å². The highest BCUT2D eigenvalue weighted by atomic mass is 16.2. The lowest BCUT2D eigenvalue weighted by atomic mass is 9.87. The third-order valence-electron chi connectivity index (χ3n) is 4.37. The zero-order valence-electron chi connectivity index (χ0n) is 13.1. The number of hydrogen-bond donors (Lipinski definition) is 1. The van der Waals surface area contributed by atoms with Crippen molar-refractivity contribution in [1.82, 2.24) is 20.0 Å². The molecule has 1 atom stereocenters. The van der Waals surface area contributed by atoms with Crippen molar-refractivity contribution < 1.29 is 9.59 Å². The predicted molar refractivity (Wildman–Crippen MR) is 85.8 cm³/mol.